The van der Waals surface area contributed by atoms with Crippen LogP contribution in [0.5, 0.6) is 0 Å². The van der Waals surface area contributed by atoms with Crippen molar-refractivity contribution in [2.24, 2.45) is 11.7 Å². The van der Waals surface area contributed by atoms with Gasteiger partial charge in [0.1, 0.15) is 5.82 Å². The molecule has 0 aromatic heterocycles. The van der Waals surface area contributed by atoms with Gasteiger partial charge in [0.25, 0.3) is 0 Å². The lowest BCUT2D eigenvalue weighted by molar-refractivity contribution is -0.102. The molecule has 21 heavy (non-hydrogen) atoms. The Morgan fingerprint density at radius 1 is 1.29 bits per heavy atom. The third kappa shape index (κ3) is 2.98. The van der Waals surface area contributed by atoms with Gasteiger partial charge in [-0.3, -0.25) is 4.90 Å². The van der Waals surface area contributed by atoms with Crippen molar-refractivity contribution in [3.05, 3.63) is 35.6 Å². The molecule has 3 nitrogen and oxygen atoms in total. The first kappa shape index (κ1) is 14.9. The number of nitrogens with two attached hydrogens (primary N) is 1. The highest BCUT2D eigenvalue weighted by molar-refractivity contribution is 5.21. The van der Waals surface area contributed by atoms with Crippen molar-refractivity contribution >= 4 is 0 Å². The zero-order valence-electron chi connectivity index (χ0n) is 12.5. The van der Waals surface area contributed by atoms with Crippen molar-refractivity contribution in [2.45, 2.75) is 43.7 Å². The first-order chi connectivity index (χ1) is 10.1. The van der Waals surface area contributed by atoms with Crippen LogP contribution in [0.2, 0.25) is 0 Å². The van der Waals surface area contributed by atoms with E-state index in [1.165, 1.54) is 18.6 Å². The van der Waals surface area contributed by atoms with Gasteiger partial charge in [0, 0.05) is 31.6 Å². The monoisotopic (exact) mass is 292 g/mol. The van der Waals surface area contributed by atoms with Crippen LogP contribution in [0.25, 0.3) is 0 Å². The van der Waals surface area contributed by atoms with Gasteiger partial charge in [-0.05, 0) is 37.0 Å². The summed E-state index contributed by atoms with van der Waals surface area (Å²) in [5, 5.41) is 10.8. The number of halogens is 1. The lowest BCUT2D eigenvalue weighted by Gasteiger charge is -2.49. The lowest BCUT2D eigenvalue weighted by Crippen LogP contribution is -2.54. The third-order valence-corrected chi connectivity index (χ3v) is 5.38. The van der Waals surface area contributed by atoms with E-state index in [1.807, 2.05) is 12.1 Å². The molecule has 3 rings (SSSR count). The minimum atomic E-state index is -0.462. The zero-order valence-corrected chi connectivity index (χ0v) is 12.5. The second kappa shape index (κ2) is 6.03. The van der Waals surface area contributed by atoms with Crippen molar-refractivity contribution in [1.29, 1.82) is 0 Å². The number of nitrogens with zero attached hydrogens (tertiary/aromatic N) is 1. The third-order valence-electron chi connectivity index (χ3n) is 5.38. The summed E-state index contributed by atoms with van der Waals surface area (Å²) in [5.74, 6) is 0.143. The highest BCUT2D eigenvalue weighted by Gasteiger charge is 2.43. The maximum absolute atomic E-state index is 13.1. The standard InChI is InChI=1S/C17H25FN2O/c18-15-6-4-13(5-7-15)16(11-19)20-10-9-17(21)8-2-1-3-14(17)12-20/h4-7,14,16,21H,1-3,8-12,19H2. The molecular weight excluding hydrogens is 267 g/mol. The van der Waals surface area contributed by atoms with Gasteiger partial charge in [0.15, 0.2) is 0 Å². The zero-order chi connectivity index (χ0) is 14.9. The fraction of sp³-hybridized carbons (Fsp3) is 0.647. The van der Waals surface area contributed by atoms with Crippen LogP contribution in [0.15, 0.2) is 24.3 Å². The van der Waals surface area contributed by atoms with Crippen molar-refractivity contribution < 1.29 is 9.50 Å². The fourth-order valence-electron chi connectivity index (χ4n) is 4.06. The number of rotatable bonds is 3. The summed E-state index contributed by atoms with van der Waals surface area (Å²) in [7, 11) is 0. The van der Waals surface area contributed by atoms with E-state index in [1.54, 1.807) is 0 Å². The number of hydrogen-bond acceptors (Lipinski definition) is 3. The van der Waals surface area contributed by atoms with E-state index in [0.717, 1.165) is 44.3 Å². The summed E-state index contributed by atoms with van der Waals surface area (Å²) < 4.78 is 13.1. The first-order valence-corrected chi connectivity index (χ1v) is 8.04. The Balaban J connectivity index is 1.75. The van der Waals surface area contributed by atoms with Crippen LogP contribution in [0.1, 0.15) is 43.7 Å². The van der Waals surface area contributed by atoms with Gasteiger partial charge in [-0.1, -0.05) is 25.0 Å². The second-order valence-electron chi connectivity index (χ2n) is 6.59. The topological polar surface area (TPSA) is 49.5 Å². The van der Waals surface area contributed by atoms with Gasteiger partial charge in [-0.2, -0.15) is 0 Å². The number of aliphatic hydroxyl groups is 1. The van der Waals surface area contributed by atoms with Crippen molar-refractivity contribution in [2.75, 3.05) is 19.6 Å². The molecule has 0 spiro atoms. The summed E-state index contributed by atoms with van der Waals surface area (Å²) >= 11 is 0. The smallest absolute Gasteiger partial charge is 0.123 e. The molecular formula is C17H25FN2O. The molecule has 0 radical (unpaired) electrons. The van der Waals surface area contributed by atoms with E-state index in [4.69, 9.17) is 5.73 Å². The number of hydrogen-bond donors (Lipinski definition) is 2. The Labute approximate surface area is 125 Å². The molecule has 1 aliphatic heterocycles. The number of likely N-dealkylation sites (tertiary alicyclic amines) is 1. The molecule has 1 heterocycles. The predicted molar refractivity (Wildman–Crippen MR) is 81.3 cm³/mol. The lowest BCUT2D eigenvalue weighted by atomic mass is 9.71. The average molecular weight is 292 g/mol. The minimum Gasteiger partial charge on any atom is -0.390 e. The Bertz CT molecular complexity index is 478. The molecule has 2 fully saturated rings. The first-order valence-electron chi connectivity index (χ1n) is 8.04. The largest absolute Gasteiger partial charge is 0.390 e. The summed E-state index contributed by atoms with van der Waals surface area (Å²) in [4.78, 5) is 2.37. The van der Waals surface area contributed by atoms with Gasteiger partial charge >= 0.3 is 0 Å². The van der Waals surface area contributed by atoms with E-state index in [9.17, 15) is 9.50 Å². The molecule has 116 valence electrons. The van der Waals surface area contributed by atoms with Crippen LogP contribution in [-0.2, 0) is 0 Å². The summed E-state index contributed by atoms with van der Waals surface area (Å²) in [6.07, 6.45) is 5.23. The van der Waals surface area contributed by atoms with E-state index in [0.29, 0.717) is 12.5 Å². The van der Waals surface area contributed by atoms with Gasteiger partial charge < -0.3 is 10.8 Å². The highest BCUT2D eigenvalue weighted by Crippen LogP contribution is 2.41. The molecule has 2 aliphatic rings. The van der Waals surface area contributed by atoms with Crippen molar-refractivity contribution in [1.82, 2.24) is 4.90 Å². The van der Waals surface area contributed by atoms with E-state index >= 15 is 0 Å². The van der Waals surface area contributed by atoms with Gasteiger partial charge in [-0.15, -0.1) is 0 Å². The SMILES string of the molecule is NCC(c1ccc(F)cc1)N1CCC2(O)CCCCC2C1. The van der Waals surface area contributed by atoms with Crippen LogP contribution in [0.4, 0.5) is 4.39 Å². The molecule has 0 amide bonds. The highest BCUT2D eigenvalue weighted by atomic mass is 19.1. The van der Waals surface area contributed by atoms with Crippen molar-refractivity contribution in [3.63, 3.8) is 0 Å². The van der Waals surface area contributed by atoms with Gasteiger partial charge in [0.2, 0.25) is 0 Å². The molecule has 1 aromatic rings. The Morgan fingerprint density at radius 2 is 2.05 bits per heavy atom. The molecule has 1 saturated carbocycles. The number of piperidine rings is 1. The maximum Gasteiger partial charge on any atom is 0.123 e. The van der Waals surface area contributed by atoms with Crippen LogP contribution in [0.3, 0.4) is 0 Å². The van der Waals surface area contributed by atoms with Crippen LogP contribution >= 0.6 is 0 Å². The molecule has 3 unspecified atom stereocenters. The van der Waals surface area contributed by atoms with E-state index in [2.05, 4.69) is 4.90 Å². The number of benzene rings is 1. The fourth-order valence-corrected chi connectivity index (χ4v) is 4.06. The molecule has 4 heteroatoms. The number of fused-ring (bicyclic) bond motifs is 1. The molecule has 0 bridgehead atoms. The van der Waals surface area contributed by atoms with E-state index < -0.39 is 5.60 Å². The predicted octanol–water partition coefficient (Wildman–Crippen LogP) is 2.45. The van der Waals surface area contributed by atoms with Crippen LogP contribution < -0.4 is 5.73 Å². The Hall–Kier alpha value is -0.970. The minimum absolute atomic E-state index is 0.122. The molecule has 1 aromatic carbocycles. The second-order valence-corrected chi connectivity index (χ2v) is 6.59. The van der Waals surface area contributed by atoms with E-state index in [-0.39, 0.29) is 11.9 Å². The summed E-state index contributed by atoms with van der Waals surface area (Å²) in [6.45, 7) is 2.29. The van der Waals surface area contributed by atoms with Crippen LogP contribution in [-0.4, -0.2) is 35.2 Å². The molecule has 1 aliphatic carbocycles. The van der Waals surface area contributed by atoms with Gasteiger partial charge in [0.05, 0.1) is 5.60 Å². The quantitative estimate of drug-likeness (QED) is 0.899. The maximum atomic E-state index is 13.1. The van der Waals surface area contributed by atoms with Crippen molar-refractivity contribution in [3.8, 4) is 0 Å². The molecule has 3 atom stereocenters. The summed E-state index contributed by atoms with van der Waals surface area (Å²) in [5.41, 5.74) is 6.58. The molecule has 3 N–H and O–H groups in total. The normalized spacial score (nSPS) is 31.7. The molecule has 1 saturated heterocycles. The van der Waals surface area contributed by atoms with Gasteiger partial charge in [-0.25, -0.2) is 4.39 Å². The Kier molecular flexibility index (Phi) is 4.29. The van der Waals surface area contributed by atoms with Crippen LogP contribution in [0, 0.1) is 11.7 Å². The average Bonchev–Trinajstić information content (AvgIpc) is 2.50. The summed E-state index contributed by atoms with van der Waals surface area (Å²) in [6, 6.07) is 6.78. The Morgan fingerprint density at radius 3 is 2.76 bits per heavy atom.